The van der Waals surface area contributed by atoms with Crippen molar-refractivity contribution in [3.05, 3.63) is 120 Å². The van der Waals surface area contributed by atoms with Crippen molar-refractivity contribution in [2.24, 2.45) is 14.1 Å². The minimum atomic E-state index is 0.142. The van der Waals surface area contributed by atoms with Crippen LogP contribution in [0.3, 0.4) is 0 Å². The average molecular weight is 401 g/mol. The molecule has 0 spiro atoms. The molecule has 0 N–H and O–H groups in total. The lowest BCUT2D eigenvalue weighted by Gasteiger charge is -2.19. The van der Waals surface area contributed by atoms with Crippen molar-refractivity contribution >= 4 is 32.6 Å². The summed E-state index contributed by atoms with van der Waals surface area (Å²) in [5, 5.41) is 5.23. The Morgan fingerprint density at radius 2 is 0.968 bits per heavy atom. The highest BCUT2D eigenvalue weighted by atomic mass is 14.9. The van der Waals surface area contributed by atoms with Gasteiger partial charge in [-0.15, -0.1) is 0 Å². The van der Waals surface area contributed by atoms with Gasteiger partial charge in [0.2, 0.25) is 0 Å². The summed E-state index contributed by atoms with van der Waals surface area (Å²) in [6.45, 7) is 0. The van der Waals surface area contributed by atoms with Gasteiger partial charge in [-0.3, -0.25) is 0 Å². The number of aromatic nitrogens is 2. The van der Waals surface area contributed by atoms with Crippen LogP contribution in [-0.2, 0) is 14.1 Å². The van der Waals surface area contributed by atoms with E-state index >= 15 is 0 Å². The van der Waals surface area contributed by atoms with Crippen LogP contribution in [0.2, 0.25) is 0 Å². The fourth-order valence-electron chi connectivity index (χ4n) is 5.21. The number of rotatable bonds is 3. The first-order valence-electron chi connectivity index (χ1n) is 10.8. The third-order valence-electron chi connectivity index (χ3n) is 6.61. The van der Waals surface area contributed by atoms with Gasteiger partial charge in [0.1, 0.15) is 0 Å². The molecule has 0 unspecified atom stereocenters. The molecule has 0 aliphatic carbocycles. The second-order valence-electron chi connectivity index (χ2n) is 8.43. The number of benzene rings is 4. The predicted molar refractivity (Wildman–Crippen MR) is 131 cm³/mol. The summed E-state index contributed by atoms with van der Waals surface area (Å²) >= 11 is 0. The van der Waals surface area contributed by atoms with Crippen LogP contribution in [0.4, 0.5) is 0 Å². The minimum Gasteiger partial charge on any atom is -0.350 e. The van der Waals surface area contributed by atoms with Gasteiger partial charge in [0.25, 0.3) is 0 Å². The first-order valence-corrected chi connectivity index (χ1v) is 10.8. The molecule has 0 saturated heterocycles. The zero-order valence-corrected chi connectivity index (χ0v) is 17.8. The molecule has 0 bridgehead atoms. The van der Waals surface area contributed by atoms with Crippen LogP contribution in [0.1, 0.15) is 22.6 Å². The molecule has 0 radical (unpaired) electrons. The Kier molecular flexibility index (Phi) is 4.00. The van der Waals surface area contributed by atoms with Gasteiger partial charge >= 0.3 is 0 Å². The van der Waals surface area contributed by atoms with E-state index in [0.29, 0.717) is 0 Å². The SMILES string of the molecule is Cn1cc(C(c2cccc3ccccc23)c2cn(C)c3ccccc23)c2ccccc21. The van der Waals surface area contributed by atoms with Crippen LogP contribution in [0.25, 0.3) is 32.6 Å². The lowest BCUT2D eigenvalue weighted by molar-refractivity contribution is 0.916. The summed E-state index contributed by atoms with van der Waals surface area (Å²) in [6.07, 6.45) is 4.64. The van der Waals surface area contributed by atoms with Gasteiger partial charge in [0, 0.05) is 54.2 Å². The van der Waals surface area contributed by atoms with E-state index in [1.165, 1.54) is 49.3 Å². The van der Waals surface area contributed by atoms with Crippen LogP contribution in [0.5, 0.6) is 0 Å². The molecule has 2 aromatic heterocycles. The van der Waals surface area contributed by atoms with Crippen molar-refractivity contribution in [1.82, 2.24) is 9.13 Å². The van der Waals surface area contributed by atoms with Gasteiger partial charge in [0.05, 0.1) is 0 Å². The Balaban J connectivity index is 1.74. The highest BCUT2D eigenvalue weighted by Gasteiger charge is 2.25. The third kappa shape index (κ3) is 2.72. The number of hydrogen-bond acceptors (Lipinski definition) is 0. The fourth-order valence-corrected chi connectivity index (χ4v) is 5.21. The summed E-state index contributed by atoms with van der Waals surface area (Å²) in [5.41, 5.74) is 6.59. The molecular formula is C29H24N2. The smallest absolute Gasteiger partial charge is 0.0480 e. The van der Waals surface area contributed by atoms with Crippen molar-refractivity contribution in [2.75, 3.05) is 0 Å². The van der Waals surface area contributed by atoms with Gasteiger partial charge in [-0.2, -0.15) is 0 Å². The lowest BCUT2D eigenvalue weighted by Crippen LogP contribution is -2.04. The molecule has 0 atom stereocenters. The topological polar surface area (TPSA) is 9.86 Å². The normalized spacial score (nSPS) is 11.8. The molecule has 0 fully saturated rings. The van der Waals surface area contributed by atoms with Crippen molar-refractivity contribution < 1.29 is 0 Å². The van der Waals surface area contributed by atoms with E-state index in [1.54, 1.807) is 0 Å². The molecule has 31 heavy (non-hydrogen) atoms. The summed E-state index contributed by atoms with van der Waals surface area (Å²) in [7, 11) is 4.30. The molecule has 2 heteroatoms. The number of aryl methyl sites for hydroxylation is 2. The number of hydrogen-bond donors (Lipinski definition) is 0. The maximum Gasteiger partial charge on any atom is 0.0480 e. The summed E-state index contributed by atoms with van der Waals surface area (Å²) in [4.78, 5) is 0. The van der Waals surface area contributed by atoms with E-state index in [2.05, 4.69) is 127 Å². The van der Waals surface area contributed by atoms with E-state index in [9.17, 15) is 0 Å². The number of nitrogens with zero attached hydrogens (tertiary/aromatic N) is 2. The summed E-state index contributed by atoms with van der Waals surface area (Å²) in [5.74, 6) is 0.142. The van der Waals surface area contributed by atoms with Crippen molar-refractivity contribution in [2.45, 2.75) is 5.92 Å². The standard InChI is InChI=1S/C29H24N2/c1-30-18-25(22-13-5-7-16-27(22)30)29(24-15-9-11-20-10-3-4-12-21(20)24)26-19-31(2)28-17-8-6-14-23(26)28/h3-19,29H,1-2H3. The van der Waals surface area contributed by atoms with Gasteiger partial charge < -0.3 is 9.13 Å². The molecule has 2 nitrogen and oxygen atoms in total. The zero-order valence-electron chi connectivity index (χ0n) is 17.8. The zero-order chi connectivity index (χ0) is 20.9. The Morgan fingerprint density at radius 1 is 0.484 bits per heavy atom. The van der Waals surface area contributed by atoms with Gasteiger partial charge in [0.15, 0.2) is 0 Å². The minimum absolute atomic E-state index is 0.142. The van der Waals surface area contributed by atoms with Gasteiger partial charge in [-0.05, 0) is 39.6 Å². The van der Waals surface area contributed by atoms with Gasteiger partial charge in [-0.25, -0.2) is 0 Å². The van der Waals surface area contributed by atoms with E-state index in [4.69, 9.17) is 0 Å². The van der Waals surface area contributed by atoms with E-state index < -0.39 is 0 Å². The molecule has 6 rings (SSSR count). The molecule has 0 amide bonds. The molecule has 0 aliphatic heterocycles. The molecule has 0 saturated carbocycles. The summed E-state index contributed by atoms with van der Waals surface area (Å²) < 4.78 is 4.52. The average Bonchev–Trinajstić information content (AvgIpc) is 3.32. The molecular weight excluding hydrogens is 376 g/mol. The Bertz CT molecular complexity index is 1480. The maximum absolute atomic E-state index is 2.32. The third-order valence-corrected chi connectivity index (χ3v) is 6.61. The first-order chi connectivity index (χ1) is 15.2. The van der Waals surface area contributed by atoms with Crippen LogP contribution in [0.15, 0.2) is 103 Å². The van der Waals surface area contributed by atoms with E-state index in [-0.39, 0.29) is 5.92 Å². The molecule has 150 valence electrons. The Labute approximate surface area is 182 Å². The lowest BCUT2D eigenvalue weighted by atomic mass is 9.82. The van der Waals surface area contributed by atoms with Crippen LogP contribution < -0.4 is 0 Å². The number of para-hydroxylation sites is 2. The Morgan fingerprint density at radius 3 is 1.58 bits per heavy atom. The fraction of sp³-hybridized carbons (Fsp3) is 0.103. The maximum atomic E-state index is 2.32. The molecule has 6 aromatic rings. The molecule has 4 aromatic carbocycles. The highest BCUT2D eigenvalue weighted by molar-refractivity contribution is 5.93. The summed E-state index contributed by atoms with van der Waals surface area (Å²) in [6, 6.07) is 32.9. The second-order valence-corrected chi connectivity index (χ2v) is 8.43. The number of fused-ring (bicyclic) bond motifs is 3. The highest BCUT2D eigenvalue weighted by Crippen LogP contribution is 2.42. The largest absolute Gasteiger partial charge is 0.350 e. The van der Waals surface area contributed by atoms with E-state index in [1.807, 2.05) is 0 Å². The van der Waals surface area contributed by atoms with Crippen LogP contribution >= 0.6 is 0 Å². The van der Waals surface area contributed by atoms with E-state index in [0.717, 1.165) is 0 Å². The van der Waals surface area contributed by atoms with Crippen LogP contribution in [0, 0.1) is 0 Å². The van der Waals surface area contributed by atoms with Crippen molar-refractivity contribution in [3.63, 3.8) is 0 Å². The second kappa shape index (κ2) is 6.88. The van der Waals surface area contributed by atoms with Gasteiger partial charge in [-0.1, -0.05) is 78.9 Å². The Hall–Kier alpha value is -3.78. The first kappa shape index (κ1) is 18.0. The quantitative estimate of drug-likeness (QED) is 0.302. The molecule has 2 heterocycles. The molecule has 0 aliphatic rings. The monoisotopic (exact) mass is 400 g/mol. The van der Waals surface area contributed by atoms with Crippen molar-refractivity contribution in [1.29, 1.82) is 0 Å². The predicted octanol–water partition coefficient (Wildman–Crippen LogP) is 7.00. The van der Waals surface area contributed by atoms with Crippen LogP contribution in [-0.4, -0.2) is 9.13 Å². The van der Waals surface area contributed by atoms with Crippen molar-refractivity contribution in [3.8, 4) is 0 Å².